The van der Waals surface area contributed by atoms with E-state index in [9.17, 15) is 8.42 Å². The highest BCUT2D eigenvalue weighted by Crippen LogP contribution is 2.36. The summed E-state index contributed by atoms with van der Waals surface area (Å²) in [5, 5.41) is 0. The minimum atomic E-state index is -3.75. The highest BCUT2D eigenvalue weighted by molar-refractivity contribution is 9.10. The standard InChI is InChI=1S/C11H8BrCl2NO2S2/c1-6-2-3-7(12)8(4-6)15-19(16,17)9-5-10(13)18-11(9)14/h2-5,15H,1H3. The molecule has 0 spiro atoms. The third-order valence-corrected chi connectivity index (χ3v) is 6.09. The van der Waals surface area contributed by atoms with Crippen LogP contribution in [-0.2, 0) is 10.0 Å². The molecule has 0 unspecified atom stereocenters. The molecule has 0 aliphatic carbocycles. The van der Waals surface area contributed by atoms with Gasteiger partial charge in [0.25, 0.3) is 10.0 Å². The van der Waals surface area contributed by atoms with Crippen molar-refractivity contribution in [2.75, 3.05) is 4.72 Å². The maximum absolute atomic E-state index is 12.2. The average Bonchev–Trinajstić information content (AvgIpc) is 2.63. The van der Waals surface area contributed by atoms with E-state index in [0.29, 0.717) is 14.5 Å². The predicted molar refractivity (Wildman–Crippen MR) is 84.0 cm³/mol. The maximum Gasteiger partial charge on any atom is 0.264 e. The number of anilines is 1. The zero-order valence-electron chi connectivity index (χ0n) is 9.58. The number of rotatable bonds is 3. The Bertz CT molecular complexity index is 728. The van der Waals surface area contributed by atoms with Crippen molar-refractivity contribution in [3.8, 4) is 0 Å². The van der Waals surface area contributed by atoms with Crippen molar-refractivity contribution in [1.29, 1.82) is 0 Å². The van der Waals surface area contributed by atoms with E-state index in [-0.39, 0.29) is 9.23 Å². The lowest BCUT2D eigenvalue weighted by atomic mass is 10.2. The zero-order valence-corrected chi connectivity index (χ0v) is 14.3. The second-order valence-corrected chi connectivity index (χ2v) is 8.57. The Hall–Kier alpha value is -0.270. The van der Waals surface area contributed by atoms with Gasteiger partial charge < -0.3 is 0 Å². The summed E-state index contributed by atoms with van der Waals surface area (Å²) in [6.45, 7) is 1.87. The van der Waals surface area contributed by atoms with Crippen LogP contribution in [0, 0.1) is 6.92 Å². The second kappa shape index (κ2) is 5.61. The Kier molecular flexibility index (Phi) is 4.47. The van der Waals surface area contributed by atoms with Gasteiger partial charge in [0.15, 0.2) is 0 Å². The molecule has 0 amide bonds. The number of halogens is 3. The van der Waals surface area contributed by atoms with Gasteiger partial charge in [-0.25, -0.2) is 8.42 Å². The van der Waals surface area contributed by atoms with Crippen LogP contribution in [-0.4, -0.2) is 8.42 Å². The zero-order chi connectivity index (χ0) is 14.2. The Labute approximate surface area is 133 Å². The molecule has 1 heterocycles. The molecule has 8 heteroatoms. The first-order chi connectivity index (χ1) is 8.79. The molecule has 102 valence electrons. The van der Waals surface area contributed by atoms with Crippen LogP contribution < -0.4 is 4.72 Å². The average molecular weight is 401 g/mol. The molecule has 0 radical (unpaired) electrons. The highest BCUT2D eigenvalue weighted by atomic mass is 79.9. The molecule has 2 rings (SSSR count). The Morgan fingerprint density at radius 2 is 1.95 bits per heavy atom. The van der Waals surface area contributed by atoms with Crippen LogP contribution in [0.1, 0.15) is 5.56 Å². The number of thiophene rings is 1. The van der Waals surface area contributed by atoms with E-state index >= 15 is 0 Å². The van der Waals surface area contributed by atoms with Gasteiger partial charge in [0, 0.05) is 4.47 Å². The molecule has 0 fully saturated rings. The van der Waals surface area contributed by atoms with Gasteiger partial charge in [-0.05, 0) is 46.6 Å². The van der Waals surface area contributed by atoms with Gasteiger partial charge in [-0.3, -0.25) is 4.72 Å². The van der Waals surface area contributed by atoms with Crippen molar-refractivity contribution in [2.45, 2.75) is 11.8 Å². The summed E-state index contributed by atoms with van der Waals surface area (Å²) < 4.78 is 28.1. The van der Waals surface area contributed by atoms with Gasteiger partial charge in [0.05, 0.1) is 10.0 Å². The van der Waals surface area contributed by atoms with Crippen LogP contribution in [0.5, 0.6) is 0 Å². The third-order valence-electron chi connectivity index (χ3n) is 2.28. The number of nitrogens with one attached hydrogen (secondary N) is 1. The van der Waals surface area contributed by atoms with Crippen LogP contribution in [0.15, 0.2) is 33.6 Å². The van der Waals surface area contributed by atoms with Crippen molar-refractivity contribution in [3.63, 3.8) is 0 Å². The van der Waals surface area contributed by atoms with Gasteiger partial charge in [-0.1, -0.05) is 29.3 Å². The van der Waals surface area contributed by atoms with Crippen molar-refractivity contribution >= 4 is 66.2 Å². The quantitative estimate of drug-likeness (QED) is 0.793. The topological polar surface area (TPSA) is 46.2 Å². The van der Waals surface area contributed by atoms with E-state index in [1.165, 1.54) is 6.07 Å². The Morgan fingerprint density at radius 1 is 1.26 bits per heavy atom. The first-order valence-corrected chi connectivity index (χ1v) is 8.88. The molecule has 1 aromatic heterocycles. The van der Waals surface area contributed by atoms with Crippen LogP contribution in [0.4, 0.5) is 5.69 Å². The van der Waals surface area contributed by atoms with Crippen molar-refractivity contribution in [2.24, 2.45) is 0 Å². The summed E-state index contributed by atoms with van der Waals surface area (Å²) in [6.07, 6.45) is 0. The van der Waals surface area contributed by atoms with E-state index in [1.54, 1.807) is 12.1 Å². The molecule has 0 aliphatic heterocycles. The molecular weight excluding hydrogens is 393 g/mol. The van der Waals surface area contributed by atoms with Crippen LogP contribution in [0.25, 0.3) is 0 Å². The van der Waals surface area contributed by atoms with E-state index in [4.69, 9.17) is 23.2 Å². The van der Waals surface area contributed by atoms with Crippen LogP contribution in [0.3, 0.4) is 0 Å². The van der Waals surface area contributed by atoms with Gasteiger partial charge in [0.1, 0.15) is 9.23 Å². The van der Waals surface area contributed by atoms with Crippen LogP contribution >= 0.6 is 50.5 Å². The summed E-state index contributed by atoms with van der Waals surface area (Å²) in [6, 6.07) is 6.70. The molecule has 0 aliphatic rings. The molecule has 0 saturated carbocycles. The first kappa shape index (κ1) is 15.1. The Balaban J connectivity index is 2.42. The summed E-state index contributed by atoms with van der Waals surface area (Å²) in [5.41, 5.74) is 1.40. The first-order valence-electron chi connectivity index (χ1n) is 5.03. The molecule has 0 atom stereocenters. The number of sulfonamides is 1. The predicted octanol–water partition coefficient (Wildman–Crippen LogP) is 4.93. The number of hydrogen-bond donors (Lipinski definition) is 1. The number of benzene rings is 1. The molecule has 19 heavy (non-hydrogen) atoms. The molecule has 3 nitrogen and oxygen atoms in total. The molecular formula is C11H8BrCl2NO2S2. The fourth-order valence-corrected chi connectivity index (χ4v) is 5.12. The third kappa shape index (κ3) is 3.44. The summed E-state index contributed by atoms with van der Waals surface area (Å²) >= 11 is 15.9. The lowest BCUT2D eigenvalue weighted by molar-refractivity contribution is 0.601. The lowest BCUT2D eigenvalue weighted by Crippen LogP contribution is -2.13. The molecule has 0 saturated heterocycles. The number of aryl methyl sites for hydroxylation is 1. The van der Waals surface area contributed by atoms with Crippen molar-refractivity contribution in [1.82, 2.24) is 0 Å². The molecule has 1 aromatic carbocycles. The fraction of sp³-hybridized carbons (Fsp3) is 0.0909. The summed E-state index contributed by atoms with van der Waals surface area (Å²) in [7, 11) is -3.75. The fourth-order valence-electron chi connectivity index (χ4n) is 1.43. The smallest absolute Gasteiger partial charge is 0.264 e. The minimum absolute atomic E-state index is 0.0161. The second-order valence-electron chi connectivity index (χ2n) is 3.78. The van der Waals surface area contributed by atoms with Gasteiger partial charge in [0.2, 0.25) is 0 Å². The van der Waals surface area contributed by atoms with Crippen molar-refractivity contribution < 1.29 is 8.42 Å². The van der Waals surface area contributed by atoms with Crippen molar-refractivity contribution in [3.05, 3.63) is 43.0 Å². The van der Waals surface area contributed by atoms with E-state index in [1.807, 2.05) is 13.0 Å². The Morgan fingerprint density at radius 3 is 2.53 bits per heavy atom. The van der Waals surface area contributed by atoms with E-state index in [0.717, 1.165) is 16.9 Å². The minimum Gasteiger partial charge on any atom is -0.278 e. The van der Waals surface area contributed by atoms with E-state index in [2.05, 4.69) is 20.7 Å². The summed E-state index contributed by atoms with van der Waals surface area (Å²) in [5.74, 6) is 0. The summed E-state index contributed by atoms with van der Waals surface area (Å²) in [4.78, 5) is -0.0161. The molecule has 0 bridgehead atoms. The lowest BCUT2D eigenvalue weighted by Gasteiger charge is -2.09. The monoisotopic (exact) mass is 399 g/mol. The molecule has 2 aromatic rings. The highest BCUT2D eigenvalue weighted by Gasteiger charge is 2.21. The van der Waals surface area contributed by atoms with E-state index < -0.39 is 10.0 Å². The largest absolute Gasteiger partial charge is 0.278 e. The van der Waals surface area contributed by atoms with Gasteiger partial charge in [-0.2, -0.15) is 0 Å². The van der Waals surface area contributed by atoms with Gasteiger partial charge in [-0.15, -0.1) is 11.3 Å². The molecule has 1 N–H and O–H groups in total. The van der Waals surface area contributed by atoms with Gasteiger partial charge >= 0.3 is 0 Å². The number of hydrogen-bond acceptors (Lipinski definition) is 3. The van der Waals surface area contributed by atoms with Crippen LogP contribution in [0.2, 0.25) is 8.67 Å². The SMILES string of the molecule is Cc1ccc(Br)c(NS(=O)(=O)c2cc(Cl)sc2Cl)c1. The normalized spacial score (nSPS) is 11.6. The maximum atomic E-state index is 12.2.